The molecule has 2 N–H and O–H groups in total. The number of rotatable bonds is 5. The van der Waals surface area contributed by atoms with Crippen LogP contribution in [0.25, 0.3) is 10.9 Å². The quantitative estimate of drug-likeness (QED) is 0.846. The Kier molecular flexibility index (Phi) is 4.80. The highest BCUT2D eigenvalue weighted by Gasteiger charge is 2.23. The van der Waals surface area contributed by atoms with Crippen LogP contribution in [0.2, 0.25) is 0 Å². The fourth-order valence-corrected chi connectivity index (χ4v) is 3.09. The molecule has 1 aliphatic heterocycles. The summed E-state index contributed by atoms with van der Waals surface area (Å²) in [7, 11) is 0. The Morgan fingerprint density at radius 1 is 1.42 bits per heavy atom. The standard InChI is InChI=1S/C17H21N3O4/c1-11(14-7-4-10-24-14)18-15(21)8-9-20-13-6-3-2-5-12(13)16(22)19-17(20)23/h2-3,5-6,11,14H,4,7-10H2,1H3,(H,18,21)(H,19,22,23). The average Bonchev–Trinajstić information content (AvgIpc) is 3.09. The maximum absolute atomic E-state index is 12.1. The van der Waals surface area contributed by atoms with Crippen molar-refractivity contribution in [3.63, 3.8) is 0 Å². The Morgan fingerprint density at radius 3 is 2.96 bits per heavy atom. The first-order chi connectivity index (χ1) is 11.6. The third kappa shape index (κ3) is 3.41. The number of nitrogens with zero attached hydrogens (tertiary/aromatic N) is 1. The van der Waals surface area contributed by atoms with E-state index in [-0.39, 0.29) is 31.0 Å². The maximum Gasteiger partial charge on any atom is 0.328 e. The van der Waals surface area contributed by atoms with Crippen LogP contribution >= 0.6 is 0 Å². The van der Waals surface area contributed by atoms with Gasteiger partial charge in [-0.05, 0) is 31.9 Å². The predicted molar refractivity (Wildman–Crippen MR) is 90.0 cm³/mol. The minimum absolute atomic E-state index is 0.0518. The Morgan fingerprint density at radius 2 is 2.21 bits per heavy atom. The Hall–Kier alpha value is -2.41. The zero-order chi connectivity index (χ0) is 17.1. The van der Waals surface area contributed by atoms with Crippen LogP contribution in [-0.4, -0.2) is 34.2 Å². The number of para-hydroxylation sites is 1. The van der Waals surface area contributed by atoms with Crippen LogP contribution in [0.1, 0.15) is 26.2 Å². The molecule has 2 heterocycles. The van der Waals surface area contributed by atoms with Gasteiger partial charge in [0, 0.05) is 19.6 Å². The molecule has 1 fully saturated rings. The second-order valence-electron chi connectivity index (χ2n) is 6.09. The zero-order valence-electron chi connectivity index (χ0n) is 13.6. The lowest BCUT2D eigenvalue weighted by atomic mass is 10.1. The van der Waals surface area contributed by atoms with Gasteiger partial charge in [0.05, 0.1) is 23.0 Å². The zero-order valence-corrected chi connectivity index (χ0v) is 13.6. The van der Waals surface area contributed by atoms with Gasteiger partial charge in [-0.3, -0.25) is 19.1 Å². The van der Waals surface area contributed by atoms with Crippen molar-refractivity contribution in [2.75, 3.05) is 6.61 Å². The minimum Gasteiger partial charge on any atom is -0.376 e. The van der Waals surface area contributed by atoms with E-state index in [0.29, 0.717) is 10.9 Å². The van der Waals surface area contributed by atoms with Gasteiger partial charge in [-0.25, -0.2) is 4.79 Å². The first-order valence-corrected chi connectivity index (χ1v) is 8.19. The molecule has 0 bridgehead atoms. The molecule has 1 aromatic carbocycles. The van der Waals surface area contributed by atoms with E-state index in [4.69, 9.17) is 4.74 Å². The second-order valence-corrected chi connectivity index (χ2v) is 6.09. The van der Waals surface area contributed by atoms with Crippen molar-refractivity contribution in [1.82, 2.24) is 14.9 Å². The fraction of sp³-hybridized carbons (Fsp3) is 0.471. The normalized spacial score (nSPS) is 18.6. The molecule has 0 aliphatic carbocycles. The third-order valence-corrected chi connectivity index (χ3v) is 4.38. The van der Waals surface area contributed by atoms with Crippen LogP contribution in [0.3, 0.4) is 0 Å². The summed E-state index contributed by atoms with van der Waals surface area (Å²) >= 11 is 0. The van der Waals surface area contributed by atoms with Crippen molar-refractivity contribution in [1.29, 1.82) is 0 Å². The number of carbonyl (C=O) groups excluding carboxylic acids is 1. The van der Waals surface area contributed by atoms with Crippen molar-refractivity contribution in [3.05, 3.63) is 45.1 Å². The summed E-state index contributed by atoms with van der Waals surface area (Å²) in [6.07, 6.45) is 2.19. The lowest BCUT2D eigenvalue weighted by Gasteiger charge is -2.20. The first kappa shape index (κ1) is 16.4. The molecule has 1 aliphatic rings. The van der Waals surface area contributed by atoms with E-state index in [1.54, 1.807) is 24.3 Å². The van der Waals surface area contributed by atoms with Crippen LogP contribution in [0.5, 0.6) is 0 Å². The third-order valence-electron chi connectivity index (χ3n) is 4.38. The van der Waals surface area contributed by atoms with Gasteiger partial charge in [0.25, 0.3) is 5.56 Å². The highest BCUT2D eigenvalue weighted by atomic mass is 16.5. The average molecular weight is 331 g/mol. The smallest absolute Gasteiger partial charge is 0.328 e. The van der Waals surface area contributed by atoms with Gasteiger partial charge < -0.3 is 10.1 Å². The molecule has 1 saturated heterocycles. The number of amides is 1. The van der Waals surface area contributed by atoms with Crippen molar-refractivity contribution < 1.29 is 9.53 Å². The monoisotopic (exact) mass is 331 g/mol. The fourth-order valence-electron chi connectivity index (χ4n) is 3.09. The van der Waals surface area contributed by atoms with Gasteiger partial charge >= 0.3 is 5.69 Å². The Labute approximate surface area is 138 Å². The number of H-pyrrole nitrogens is 1. The SMILES string of the molecule is CC(NC(=O)CCn1c(=O)[nH]c(=O)c2ccccc21)C1CCCO1. The minimum atomic E-state index is -0.501. The molecule has 1 amide bonds. The van der Waals surface area contributed by atoms with Crippen LogP contribution in [0.15, 0.2) is 33.9 Å². The summed E-state index contributed by atoms with van der Waals surface area (Å²) in [5.41, 5.74) is -0.381. The van der Waals surface area contributed by atoms with E-state index in [9.17, 15) is 14.4 Å². The van der Waals surface area contributed by atoms with Crippen molar-refractivity contribution in [2.24, 2.45) is 0 Å². The number of hydrogen-bond donors (Lipinski definition) is 2. The lowest BCUT2D eigenvalue weighted by molar-refractivity contribution is -0.122. The Bertz CT molecular complexity index is 849. The molecule has 2 unspecified atom stereocenters. The number of aromatic nitrogens is 2. The largest absolute Gasteiger partial charge is 0.376 e. The first-order valence-electron chi connectivity index (χ1n) is 8.19. The number of aryl methyl sites for hydroxylation is 1. The molecule has 0 spiro atoms. The van der Waals surface area contributed by atoms with Crippen molar-refractivity contribution in [3.8, 4) is 0 Å². The molecule has 0 radical (unpaired) electrons. The topological polar surface area (TPSA) is 93.2 Å². The summed E-state index contributed by atoms with van der Waals surface area (Å²) in [5, 5.41) is 3.36. The molecular weight excluding hydrogens is 310 g/mol. The van der Waals surface area contributed by atoms with Crippen molar-refractivity contribution >= 4 is 16.8 Å². The number of ether oxygens (including phenoxy) is 1. The molecule has 2 aromatic rings. The maximum atomic E-state index is 12.1. The number of hydrogen-bond acceptors (Lipinski definition) is 4. The number of benzene rings is 1. The van der Waals surface area contributed by atoms with Crippen LogP contribution in [0, 0.1) is 0 Å². The molecule has 0 saturated carbocycles. The molecule has 24 heavy (non-hydrogen) atoms. The van der Waals surface area contributed by atoms with Gasteiger partial charge in [-0.1, -0.05) is 12.1 Å². The molecule has 128 valence electrons. The van der Waals surface area contributed by atoms with E-state index in [2.05, 4.69) is 10.3 Å². The molecule has 2 atom stereocenters. The van der Waals surface area contributed by atoms with E-state index in [1.807, 2.05) is 6.92 Å². The van der Waals surface area contributed by atoms with Crippen LogP contribution in [0.4, 0.5) is 0 Å². The molecule has 3 rings (SSSR count). The van der Waals surface area contributed by atoms with E-state index >= 15 is 0 Å². The van der Waals surface area contributed by atoms with Gasteiger partial charge in [0.15, 0.2) is 0 Å². The summed E-state index contributed by atoms with van der Waals surface area (Å²) in [6.45, 7) is 2.87. The Balaban J connectivity index is 1.70. The van der Waals surface area contributed by atoms with E-state index in [1.165, 1.54) is 4.57 Å². The number of nitrogens with one attached hydrogen (secondary N) is 2. The predicted octanol–water partition coefficient (Wildman–Crippen LogP) is 0.764. The summed E-state index contributed by atoms with van der Waals surface area (Å²) < 4.78 is 6.98. The summed E-state index contributed by atoms with van der Waals surface area (Å²) in [4.78, 5) is 38.3. The lowest BCUT2D eigenvalue weighted by Crippen LogP contribution is -2.41. The molecular formula is C17H21N3O4. The van der Waals surface area contributed by atoms with Gasteiger partial charge in [-0.2, -0.15) is 0 Å². The molecule has 7 heteroatoms. The van der Waals surface area contributed by atoms with Gasteiger partial charge in [0.2, 0.25) is 5.91 Å². The number of aromatic amines is 1. The summed E-state index contributed by atoms with van der Waals surface area (Å²) in [6, 6.07) is 6.81. The highest BCUT2D eigenvalue weighted by molar-refractivity contribution is 5.79. The summed E-state index contributed by atoms with van der Waals surface area (Å²) in [5.74, 6) is -0.139. The van der Waals surface area contributed by atoms with E-state index < -0.39 is 11.2 Å². The van der Waals surface area contributed by atoms with Crippen LogP contribution in [-0.2, 0) is 16.1 Å². The van der Waals surface area contributed by atoms with Crippen LogP contribution < -0.4 is 16.6 Å². The number of carbonyl (C=O) groups is 1. The molecule has 1 aromatic heterocycles. The second kappa shape index (κ2) is 7.00. The molecule has 7 nitrogen and oxygen atoms in total. The van der Waals surface area contributed by atoms with E-state index in [0.717, 1.165) is 19.4 Å². The highest BCUT2D eigenvalue weighted by Crippen LogP contribution is 2.15. The van der Waals surface area contributed by atoms with Gasteiger partial charge in [-0.15, -0.1) is 0 Å². The number of fused-ring (bicyclic) bond motifs is 1. The van der Waals surface area contributed by atoms with Crippen molar-refractivity contribution in [2.45, 2.75) is 44.9 Å². The van der Waals surface area contributed by atoms with Gasteiger partial charge in [0.1, 0.15) is 0 Å².